The summed E-state index contributed by atoms with van der Waals surface area (Å²) >= 11 is 0.838. The van der Waals surface area contributed by atoms with Gasteiger partial charge in [0.2, 0.25) is 11.8 Å². The fourth-order valence-electron chi connectivity index (χ4n) is 4.74. The standard InChI is InChI=1S/C25H28N4O5S/c30-22(26-8-4-1-5-9-26)16-28-15-18(19-6-2-3-7-20(19)28)14-21-24(32)29(25(33)35-21)17-23(31)27-10-12-34-13-11-27/h2-3,6-7,14-15H,1,4-5,8-13,16-17H2/b21-14-. The van der Waals surface area contributed by atoms with Crippen LogP contribution < -0.4 is 0 Å². The molecule has 0 atom stereocenters. The summed E-state index contributed by atoms with van der Waals surface area (Å²) in [7, 11) is 0. The van der Waals surface area contributed by atoms with Gasteiger partial charge in [0.1, 0.15) is 13.1 Å². The van der Waals surface area contributed by atoms with Crippen LogP contribution in [0, 0.1) is 0 Å². The number of aromatic nitrogens is 1. The van der Waals surface area contributed by atoms with Crippen LogP contribution in [0.25, 0.3) is 17.0 Å². The summed E-state index contributed by atoms with van der Waals surface area (Å²) < 4.78 is 7.17. The molecule has 184 valence electrons. The Bertz CT molecular complexity index is 1190. The van der Waals surface area contributed by atoms with Gasteiger partial charge in [-0.1, -0.05) is 18.2 Å². The van der Waals surface area contributed by atoms with E-state index in [9.17, 15) is 19.2 Å². The Morgan fingerprint density at radius 1 is 0.914 bits per heavy atom. The molecule has 3 saturated heterocycles. The van der Waals surface area contributed by atoms with Gasteiger partial charge in [-0.15, -0.1) is 0 Å². The molecule has 3 fully saturated rings. The van der Waals surface area contributed by atoms with Gasteiger partial charge in [-0.3, -0.25) is 24.1 Å². The Morgan fingerprint density at radius 2 is 1.60 bits per heavy atom. The lowest BCUT2D eigenvalue weighted by atomic mass is 10.1. The molecule has 0 unspecified atom stereocenters. The van der Waals surface area contributed by atoms with Crippen molar-refractivity contribution in [1.82, 2.24) is 19.3 Å². The zero-order valence-corrected chi connectivity index (χ0v) is 20.3. The maximum atomic E-state index is 13.0. The summed E-state index contributed by atoms with van der Waals surface area (Å²) in [5.74, 6) is -0.647. The zero-order valence-electron chi connectivity index (χ0n) is 19.5. The zero-order chi connectivity index (χ0) is 24.4. The number of likely N-dealkylation sites (tertiary alicyclic amines) is 1. The minimum atomic E-state index is -0.470. The van der Waals surface area contributed by atoms with E-state index in [0.717, 1.165) is 65.5 Å². The molecule has 35 heavy (non-hydrogen) atoms. The molecule has 3 aliphatic heterocycles. The highest BCUT2D eigenvalue weighted by atomic mass is 32.2. The van der Waals surface area contributed by atoms with E-state index in [1.807, 2.05) is 39.9 Å². The Kier molecular flexibility index (Phi) is 6.92. The fourth-order valence-corrected chi connectivity index (χ4v) is 5.56. The number of fused-ring (bicyclic) bond motifs is 1. The number of imide groups is 1. The summed E-state index contributed by atoms with van der Waals surface area (Å²) in [4.78, 5) is 55.8. The molecular weight excluding hydrogens is 468 g/mol. The molecule has 0 bridgehead atoms. The number of rotatable bonds is 5. The van der Waals surface area contributed by atoms with Crippen molar-refractivity contribution in [1.29, 1.82) is 0 Å². The maximum Gasteiger partial charge on any atom is 0.294 e. The van der Waals surface area contributed by atoms with E-state index < -0.39 is 11.1 Å². The first-order chi connectivity index (χ1) is 17.0. The molecule has 0 saturated carbocycles. The molecule has 4 amide bonds. The predicted octanol–water partition coefficient (Wildman–Crippen LogP) is 2.55. The molecule has 1 aromatic heterocycles. The van der Waals surface area contributed by atoms with E-state index in [1.54, 1.807) is 11.0 Å². The van der Waals surface area contributed by atoms with Gasteiger partial charge in [-0.2, -0.15) is 0 Å². The number of piperidine rings is 1. The van der Waals surface area contributed by atoms with Gasteiger partial charge in [0.05, 0.1) is 18.1 Å². The number of hydrogen-bond donors (Lipinski definition) is 0. The highest BCUT2D eigenvalue weighted by Crippen LogP contribution is 2.34. The van der Waals surface area contributed by atoms with Crippen LogP contribution in [-0.2, 0) is 25.7 Å². The topological polar surface area (TPSA) is 92.2 Å². The van der Waals surface area contributed by atoms with Crippen molar-refractivity contribution >= 4 is 51.7 Å². The first-order valence-corrected chi connectivity index (χ1v) is 12.8. The van der Waals surface area contributed by atoms with Crippen molar-refractivity contribution in [3.05, 3.63) is 40.9 Å². The second-order valence-corrected chi connectivity index (χ2v) is 9.93. The second kappa shape index (κ2) is 10.2. The van der Waals surface area contributed by atoms with Crippen molar-refractivity contribution in [3.8, 4) is 0 Å². The van der Waals surface area contributed by atoms with Crippen LogP contribution in [0.15, 0.2) is 35.4 Å². The Balaban J connectivity index is 1.35. The average Bonchev–Trinajstić information content (AvgIpc) is 3.36. The number of ether oxygens (including phenoxy) is 1. The molecule has 0 N–H and O–H groups in total. The SMILES string of the molecule is O=C(CN1C(=O)S/C(=C\c2cn(CC(=O)N3CCCCC3)c3ccccc23)C1=O)N1CCOCC1. The normalized spacial score (nSPS) is 20.3. The smallest absolute Gasteiger partial charge is 0.294 e. The van der Waals surface area contributed by atoms with Crippen molar-refractivity contribution in [2.24, 2.45) is 0 Å². The van der Waals surface area contributed by atoms with E-state index in [-0.39, 0.29) is 29.8 Å². The van der Waals surface area contributed by atoms with E-state index >= 15 is 0 Å². The minimum Gasteiger partial charge on any atom is -0.378 e. The van der Waals surface area contributed by atoms with Gasteiger partial charge in [-0.05, 0) is 43.2 Å². The number of morpholine rings is 1. The van der Waals surface area contributed by atoms with Crippen LogP contribution in [0.2, 0.25) is 0 Å². The third kappa shape index (κ3) is 4.99. The molecule has 4 heterocycles. The lowest BCUT2D eigenvalue weighted by molar-refractivity contribution is -0.139. The molecule has 0 aliphatic carbocycles. The molecule has 3 aliphatic rings. The lowest BCUT2D eigenvalue weighted by Crippen LogP contribution is -2.46. The van der Waals surface area contributed by atoms with E-state index in [1.165, 1.54) is 0 Å². The lowest BCUT2D eigenvalue weighted by Gasteiger charge is -2.28. The van der Waals surface area contributed by atoms with Crippen LogP contribution >= 0.6 is 11.8 Å². The van der Waals surface area contributed by atoms with Crippen molar-refractivity contribution in [2.45, 2.75) is 25.8 Å². The Morgan fingerprint density at radius 3 is 2.37 bits per heavy atom. The number of nitrogens with zero attached hydrogens (tertiary/aromatic N) is 4. The molecule has 1 aromatic carbocycles. The molecule has 10 heteroatoms. The minimum absolute atomic E-state index is 0.0824. The number of carbonyl (C=O) groups excluding carboxylic acids is 4. The molecule has 9 nitrogen and oxygen atoms in total. The number of thioether (sulfide) groups is 1. The number of para-hydroxylation sites is 1. The van der Waals surface area contributed by atoms with Gasteiger partial charge in [0, 0.05) is 48.8 Å². The maximum absolute atomic E-state index is 13.0. The highest BCUT2D eigenvalue weighted by Gasteiger charge is 2.37. The van der Waals surface area contributed by atoms with Gasteiger partial charge in [-0.25, -0.2) is 0 Å². The van der Waals surface area contributed by atoms with Crippen LogP contribution in [-0.4, -0.2) is 88.2 Å². The number of hydrogen-bond acceptors (Lipinski definition) is 6. The average molecular weight is 497 g/mol. The van der Waals surface area contributed by atoms with Crippen LogP contribution in [0.5, 0.6) is 0 Å². The summed E-state index contributed by atoms with van der Waals surface area (Å²) in [6.45, 7) is 3.37. The summed E-state index contributed by atoms with van der Waals surface area (Å²) in [6, 6.07) is 7.71. The predicted molar refractivity (Wildman–Crippen MR) is 132 cm³/mol. The summed E-state index contributed by atoms with van der Waals surface area (Å²) in [5.41, 5.74) is 1.66. The first kappa shape index (κ1) is 23.6. The van der Waals surface area contributed by atoms with E-state index in [0.29, 0.717) is 26.3 Å². The quantitative estimate of drug-likeness (QED) is 0.591. The molecular formula is C25H28N4O5S. The van der Waals surface area contributed by atoms with Gasteiger partial charge in [0.25, 0.3) is 11.1 Å². The van der Waals surface area contributed by atoms with Crippen LogP contribution in [0.3, 0.4) is 0 Å². The Hall–Kier alpha value is -3.11. The van der Waals surface area contributed by atoms with Crippen LogP contribution in [0.4, 0.5) is 4.79 Å². The first-order valence-electron chi connectivity index (χ1n) is 12.0. The largest absolute Gasteiger partial charge is 0.378 e. The fraction of sp³-hybridized carbons (Fsp3) is 0.440. The third-order valence-corrected chi connectivity index (χ3v) is 7.56. The number of benzene rings is 1. The van der Waals surface area contributed by atoms with Gasteiger partial charge >= 0.3 is 0 Å². The molecule has 5 rings (SSSR count). The van der Waals surface area contributed by atoms with Crippen molar-refractivity contribution in [2.75, 3.05) is 45.9 Å². The third-order valence-electron chi connectivity index (χ3n) is 6.65. The molecule has 0 spiro atoms. The number of carbonyl (C=O) groups is 4. The van der Waals surface area contributed by atoms with E-state index in [4.69, 9.17) is 4.74 Å². The monoisotopic (exact) mass is 496 g/mol. The highest BCUT2D eigenvalue weighted by molar-refractivity contribution is 8.18. The van der Waals surface area contributed by atoms with Crippen molar-refractivity contribution < 1.29 is 23.9 Å². The van der Waals surface area contributed by atoms with Gasteiger partial charge < -0.3 is 19.1 Å². The molecule has 2 aromatic rings. The number of amides is 4. The van der Waals surface area contributed by atoms with Crippen molar-refractivity contribution in [3.63, 3.8) is 0 Å². The van der Waals surface area contributed by atoms with Gasteiger partial charge in [0.15, 0.2) is 0 Å². The molecule has 0 radical (unpaired) electrons. The second-order valence-electron chi connectivity index (χ2n) is 8.93. The summed E-state index contributed by atoms with van der Waals surface area (Å²) in [6.07, 6.45) is 6.78. The summed E-state index contributed by atoms with van der Waals surface area (Å²) in [5, 5.41) is 0.446. The van der Waals surface area contributed by atoms with Crippen LogP contribution in [0.1, 0.15) is 24.8 Å². The Labute approximate surface area is 207 Å². The van der Waals surface area contributed by atoms with E-state index in [2.05, 4.69) is 0 Å².